The zero-order valence-electron chi connectivity index (χ0n) is 76.5. The molecule has 144 heavy (non-hydrogen) atoms. The lowest BCUT2D eigenvalue weighted by molar-refractivity contribution is 0.669. The Balaban J connectivity index is 0.0000000967. The van der Waals surface area contributed by atoms with E-state index in [-0.39, 0.29) is 0 Å². The van der Waals surface area contributed by atoms with E-state index < -0.39 is 0 Å². The molecule has 15 heteroatoms. The summed E-state index contributed by atoms with van der Waals surface area (Å²) in [6.45, 7) is 0. The molecule has 0 fully saturated rings. The lowest BCUT2D eigenvalue weighted by Gasteiger charge is -2.12. The first kappa shape index (κ1) is 78.3. The molecule has 1 aliphatic carbocycles. The summed E-state index contributed by atoms with van der Waals surface area (Å²) in [4.78, 5) is 46.2. The molecule has 0 saturated heterocycles. The van der Waals surface area contributed by atoms with Crippen LogP contribution in [0.1, 0.15) is 0 Å². The van der Waals surface area contributed by atoms with Gasteiger partial charge in [0, 0.05) is 114 Å². The van der Waals surface area contributed by atoms with Crippen LogP contribution in [-0.4, -0.2) is 58.6 Å². The van der Waals surface area contributed by atoms with Gasteiger partial charge in [0.05, 0.1) is 33.1 Å². The van der Waals surface area contributed by atoms with E-state index in [4.69, 9.17) is 58.1 Å². The molecule has 0 atom stereocenters. The van der Waals surface area contributed by atoms with Gasteiger partial charge < -0.3 is 13.3 Å². The Labute approximate surface area is 816 Å². The van der Waals surface area contributed by atoms with Crippen LogP contribution in [0.25, 0.3) is 325 Å². The molecular weight excluding hydrogens is 1770 g/mol. The Bertz CT molecular complexity index is 11000. The minimum Gasteiger partial charge on any atom is -0.456 e. The molecule has 9 aromatic heterocycles. The number of nitrogens with zero attached hydrogens (tertiary/aromatic N) is 12. The fourth-order valence-corrected chi connectivity index (χ4v) is 23.9. The number of furan rings is 3. The monoisotopic (exact) mass is 1830 g/mol. The number of benzene rings is 21. The van der Waals surface area contributed by atoms with Gasteiger partial charge in [-0.1, -0.05) is 352 Å². The molecule has 664 valence electrons. The number of fused-ring (bicyclic) bond motifs is 12. The third-order valence-electron chi connectivity index (χ3n) is 29.9. The van der Waals surface area contributed by atoms with Gasteiger partial charge >= 0.3 is 0 Å². The molecule has 0 saturated carbocycles. The molecule has 0 spiro atoms. The van der Waals surface area contributed by atoms with Crippen LogP contribution < -0.4 is 0 Å². The highest BCUT2D eigenvalue weighted by Crippen LogP contribution is 2.57. The van der Waals surface area contributed by atoms with Gasteiger partial charge in [0.2, 0.25) is 17.8 Å². The largest absolute Gasteiger partial charge is 0.456 e. The van der Waals surface area contributed by atoms with Crippen molar-refractivity contribution in [1.82, 2.24) is 58.6 Å². The fourth-order valence-electron chi connectivity index (χ4n) is 23.9. The number of rotatable bonds is 9. The number of aromatic nitrogens is 12. The van der Waals surface area contributed by atoms with Crippen LogP contribution in [-0.2, 0) is 0 Å². The van der Waals surface area contributed by atoms with E-state index in [2.05, 4.69) is 305 Å². The summed E-state index contributed by atoms with van der Waals surface area (Å²) >= 11 is 0. The Hall–Kier alpha value is -19.8. The standard InChI is InChI=1S/C43H22N4O.2C43H24N4O/c1-3-10-23(11-4-1)41-44-42(24-12-5-2-6-13-24)46-43(45-41)47-30-19-9-18-29-28-17-8-16-27-26-15-7-14-25-22-33-39(40(34(25)26)35(27)28)38-32(48-33)21-20-31(47)37(38)36(29)30;1-3-12-25(13-4-1)41-44-42(26-14-5-2-6-15-26)46-43(45-41)47-33-22-23-35-39-36-31(20-11-21-34(36)48-35)29-18-9-10-19-30(29)32-24-27-16-7-8-17-28(27)40(47)37(32)38(33)39;1-3-12-25(13-4-1)41-44-42(26-14-5-2-6-15-26)46-43(45-41)47-33-21-11-20-31-29-18-9-10-19-30(29)32-24-27-16-7-8-17-28(27)40-37(32)39-35(48-40)23-22-34(47)38(39)36(31)33/h1-22H;2*1-24H. The van der Waals surface area contributed by atoms with Crippen LogP contribution in [0.4, 0.5) is 0 Å². The summed E-state index contributed by atoms with van der Waals surface area (Å²) in [5.41, 5.74) is 19.8. The summed E-state index contributed by atoms with van der Waals surface area (Å²) in [7, 11) is 0. The second-order valence-corrected chi connectivity index (χ2v) is 37.5. The summed E-state index contributed by atoms with van der Waals surface area (Å²) in [6, 6.07) is 148. The number of hydrogen-bond acceptors (Lipinski definition) is 12. The van der Waals surface area contributed by atoms with Crippen LogP contribution in [0.15, 0.2) is 438 Å². The average Bonchev–Trinajstić information content (AvgIpc) is 1.49. The Morgan fingerprint density at radius 2 is 0.458 bits per heavy atom. The van der Waals surface area contributed by atoms with Crippen molar-refractivity contribution in [2.24, 2.45) is 0 Å². The maximum Gasteiger partial charge on any atom is 0.238 e. The molecule has 33 aromatic rings. The fraction of sp³-hybridized carbons (Fsp3) is 0. The topological polar surface area (TPSA) is 170 Å². The first-order valence-corrected chi connectivity index (χ1v) is 48.5. The van der Waals surface area contributed by atoms with E-state index >= 15 is 0 Å². The van der Waals surface area contributed by atoms with Crippen molar-refractivity contribution in [3.8, 4) is 97.3 Å². The molecule has 1 aliphatic rings. The lowest BCUT2D eigenvalue weighted by Crippen LogP contribution is -2.06. The first-order chi connectivity index (χ1) is 71.4. The van der Waals surface area contributed by atoms with Gasteiger partial charge in [-0.2, -0.15) is 29.9 Å². The molecular formula is C129H70N12O3. The summed E-state index contributed by atoms with van der Waals surface area (Å²) < 4.78 is 26.8. The maximum atomic E-state index is 6.82. The summed E-state index contributed by atoms with van der Waals surface area (Å²) in [5.74, 6) is 5.51. The Kier molecular flexibility index (Phi) is 16.2. The van der Waals surface area contributed by atoms with Gasteiger partial charge in [0.1, 0.15) is 33.5 Å². The van der Waals surface area contributed by atoms with Crippen LogP contribution in [0.3, 0.4) is 0 Å². The molecule has 0 N–H and O–H groups in total. The smallest absolute Gasteiger partial charge is 0.238 e. The third-order valence-corrected chi connectivity index (χ3v) is 29.9. The van der Waals surface area contributed by atoms with Gasteiger partial charge in [-0.05, 0) is 165 Å². The molecule has 0 amide bonds. The van der Waals surface area contributed by atoms with Crippen molar-refractivity contribution >= 4 is 228 Å². The van der Waals surface area contributed by atoms with Gasteiger partial charge in [-0.25, -0.2) is 15.0 Å². The predicted molar refractivity (Wildman–Crippen MR) is 587 cm³/mol. The molecule has 15 nitrogen and oxygen atoms in total. The SMILES string of the molecule is c1ccc(-c2nc(-c3ccccc3)nc(-n3c4ccc5oc6cccc7c8ccccc8c8cc9ccccc9c3c8c4c5c67)n2)cc1.c1ccc(-c2nc(-c3ccccc3)nc(-n3c4cccc5c6cccc7c6c6c8c-7cccc8cc7oc8ccc3c(c8c76)c54)n2)cc1.c1ccc(-c2nc(-c3ccccc3)nc(-n3c4cccc5c6ccccc6c6cc7ccccc7c7oc8ccc3c(c8c67)c54)n2)cc1. The third kappa shape index (κ3) is 11.2. The second-order valence-electron chi connectivity index (χ2n) is 37.5. The van der Waals surface area contributed by atoms with Gasteiger partial charge in [-0.3, -0.25) is 13.7 Å². The van der Waals surface area contributed by atoms with Crippen molar-refractivity contribution in [2.45, 2.75) is 0 Å². The average molecular weight is 1840 g/mol. The van der Waals surface area contributed by atoms with E-state index in [0.29, 0.717) is 52.8 Å². The molecule has 9 heterocycles. The Morgan fingerprint density at radius 3 is 0.944 bits per heavy atom. The predicted octanol–water partition coefficient (Wildman–Crippen LogP) is 33.3. The molecule has 0 aliphatic heterocycles. The minimum atomic E-state index is 0.574. The lowest BCUT2D eigenvalue weighted by atomic mass is 9.93. The number of hydrogen-bond donors (Lipinski definition) is 0. The van der Waals surface area contributed by atoms with Crippen LogP contribution in [0, 0.1) is 0 Å². The first-order valence-electron chi connectivity index (χ1n) is 48.5. The molecule has 0 radical (unpaired) electrons. The van der Waals surface area contributed by atoms with Gasteiger partial charge in [-0.15, -0.1) is 0 Å². The van der Waals surface area contributed by atoms with Crippen molar-refractivity contribution < 1.29 is 13.3 Å². The van der Waals surface area contributed by atoms with Crippen molar-refractivity contribution in [3.05, 3.63) is 425 Å². The summed E-state index contributed by atoms with van der Waals surface area (Å²) in [5, 5.41) is 35.3. The highest BCUT2D eigenvalue weighted by atomic mass is 16.3. The highest BCUT2D eigenvalue weighted by molar-refractivity contribution is 6.47. The molecule has 0 unspecified atom stereocenters. The van der Waals surface area contributed by atoms with Crippen LogP contribution >= 0.6 is 0 Å². The van der Waals surface area contributed by atoms with Gasteiger partial charge in [0.15, 0.2) is 34.9 Å². The molecule has 34 rings (SSSR count). The van der Waals surface area contributed by atoms with Crippen molar-refractivity contribution in [1.29, 1.82) is 0 Å². The minimum absolute atomic E-state index is 0.574. The second kappa shape index (κ2) is 29.9. The zero-order valence-corrected chi connectivity index (χ0v) is 76.5. The molecule has 24 aromatic carbocycles. The summed E-state index contributed by atoms with van der Waals surface area (Å²) in [6.07, 6.45) is 0. The van der Waals surface area contributed by atoms with Crippen molar-refractivity contribution in [2.75, 3.05) is 0 Å². The zero-order chi connectivity index (χ0) is 93.8. The quantitative estimate of drug-likeness (QED) is 0.134. The highest BCUT2D eigenvalue weighted by Gasteiger charge is 2.34. The maximum absolute atomic E-state index is 6.82. The normalized spacial score (nSPS) is 12.3. The van der Waals surface area contributed by atoms with E-state index in [9.17, 15) is 0 Å². The van der Waals surface area contributed by atoms with E-state index in [1.54, 1.807) is 0 Å². The van der Waals surface area contributed by atoms with Crippen LogP contribution in [0.2, 0.25) is 0 Å². The van der Waals surface area contributed by atoms with E-state index in [1.165, 1.54) is 103 Å². The van der Waals surface area contributed by atoms with Crippen molar-refractivity contribution in [3.63, 3.8) is 0 Å². The van der Waals surface area contributed by atoms with Crippen LogP contribution in [0.5, 0.6) is 0 Å². The van der Waals surface area contributed by atoms with E-state index in [0.717, 1.165) is 170 Å². The Morgan fingerprint density at radius 1 is 0.153 bits per heavy atom. The molecule has 0 bridgehead atoms. The van der Waals surface area contributed by atoms with Gasteiger partial charge in [0.25, 0.3) is 0 Å². The van der Waals surface area contributed by atoms with E-state index in [1.807, 2.05) is 133 Å².